The van der Waals surface area contributed by atoms with Crippen LogP contribution in [-0.2, 0) is 5.41 Å². The fourth-order valence-corrected chi connectivity index (χ4v) is 2.24. The number of aliphatic hydroxyl groups excluding tert-OH is 1. The van der Waals surface area contributed by atoms with Crippen molar-refractivity contribution in [2.45, 2.75) is 18.8 Å². The highest BCUT2D eigenvalue weighted by molar-refractivity contribution is 5.36. The molecule has 1 fully saturated rings. The molecular formula is C12H16FNO. The molecule has 0 aromatic heterocycles. The summed E-state index contributed by atoms with van der Waals surface area (Å²) in [4.78, 5) is 0. The smallest absolute Gasteiger partial charge is 0.126 e. The first-order valence-corrected chi connectivity index (χ1v) is 5.21. The van der Waals surface area contributed by atoms with Gasteiger partial charge in [-0.05, 0) is 36.5 Å². The molecule has 15 heavy (non-hydrogen) atoms. The Morgan fingerprint density at radius 3 is 2.80 bits per heavy atom. The maximum absolute atomic E-state index is 13.4. The molecule has 0 radical (unpaired) electrons. The summed E-state index contributed by atoms with van der Waals surface area (Å²) in [7, 11) is 0. The summed E-state index contributed by atoms with van der Waals surface area (Å²) in [5.41, 5.74) is 7.11. The van der Waals surface area contributed by atoms with Crippen LogP contribution in [0.4, 0.5) is 4.39 Å². The van der Waals surface area contributed by atoms with Crippen LogP contribution in [-0.4, -0.2) is 18.3 Å². The number of rotatable bonds is 3. The Labute approximate surface area is 88.9 Å². The molecule has 3 N–H and O–H groups in total. The lowest BCUT2D eigenvalue weighted by atomic mass is 9.92. The molecule has 1 aromatic rings. The van der Waals surface area contributed by atoms with Crippen molar-refractivity contribution in [3.05, 3.63) is 35.1 Å². The van der Waals surface area contributed by atoms with Crippen molar-refractivity contribution in [3.8, 4) is 0 Å². The molecule has 1 saturated carbocycles. The molecule has 82 valence electrons. The van der Waals surface area contributed by atoms with Crippen LogP contribution in [0.2, 0.25) is 0 Å². The minimum absolute atomic E-state index is 0.132. The molecule has 3 heteroatoms. The largest absolute Gasteiger partial charge is 0.396 e. The molecule has 2 atom stereocenters. The quantitative estimate of drug-likeness (QED) is 0.789. The Kier molecular flexibility index (Phi) is 2.52. The van der Waals surface area contributed by atoms with Crippen molar-refractivity contribution >= 4 is 0 Å². The van der Waals surface area contributed by atoms with Gasteiger partial charge in [0.25, 0.3) is 0 Å². The van der Waals surface area contributed by atoms with E-state index in [1.54, 1.807) is 19.1 Å². The zero-order chi connectivity index (χ0) is 11.1. The van der Waals surface area contributed by atoms with E-state index in [4.69, 9.17) is 10.8 Å². The van der Waals surface area contributed by atoms with Crippen LogP contribution >= 0.6 is 0 Å². The second kappa shape index (κ2) is 3.58. The zero-order valence-corrected chi connectivity index (χ0v) is 8.83. The minimum Gasteiger partial charge on any atom is -0.396 e. The third-order valence-corrected chi connectivity index (χ3v) is 3.56. The fourth-order valence-electron chi connectivity index (χ4n) is 2.24. The van der Waals surface area contributed by atoms with E-state index in [1.807, 2.05) is 6.07 Å². The highest BCUT2D eigenvalue weighted by Gasteiger charge is 2.53. The van der Waals surface area contributed by atoms with Gasteiger partial charge in [0.15, 0.2) is 0 Å². The summed E-state index contributed by atoms with van der Waals surface area (Å²) in [6.45, 7) is 2.35. The first-order chi connectivity index (χ1) is 7.14. The lowest BCUT2D eigenvalue weighted by molar-refractivity contribution is 0.264. The van der Waals surface area contributed by atoms with E-state index in [9.17, 15) is 4.39 Å². The van der Waals surface area contributed by atoms with Gasteiger partial charge in [0, 0.05) is 18.6 Å². The number of hydrogen-bond acceptors (Lipinski definition) is 2. The van der Waals surface area contributed by atoms with Crippen molar-refractivity contribution in [2.24, 2.45) is 11.7 Å². The van der Waals surface area contributed by atoms with Crippen LogP contribution in [0.15, 0.2) is 18.2 Å². The maximum atomic E-state index is 13.4. The van der Waals surface area contributed by atoms with Crippen molar-refractivity contribution in [3.63, 3.8) is 0 Å². The van der Waals surface area contributed by atoms with Gasteiger partial charge >= 0.3 is 0 Å². The molecule has 1 unspecified atom stereocenters. The molecule has 0 saturated heterocycles. The number of benzene rings is 1. The molecule has 0 bridgehead atoms. The second-order valence-electron chi connectivity index (χ2n) is 4.41. The Bertz CT molecular complexity index is 380. The third-order valence-electron chi connectivity index (χ3n) is 3.56. The van der Waals surface area contributed by atoms with E-state index in [0.29, 0.717) is 12.1 Å². The average Bonchev–Trinajstić information content (AvgIpc) is 2.97. The lowest BCUT2D eigenvalue weighted by Crippen LogP contribution is -2.23. The normalized spacial score (nSPS) is 29.2. The molecule has 2 nitrogen and oxygen atoms in total. The summed E-state index contributed by atoms with van der Waals surface area (Å²) >= 11 is 0. The van der Waals surface area contributed by atoms with Gasteiger partial charge in [-0.1, -0.05) is 12.1 Å². The monoisotopic (exact) mass is 209 g/mol. The number of nitrogens with two attached hydrogens (primary N) is 1. The second-order valence-corrected chi connectivity index (χ2v) is 4.41. The molecule has 0 spiro atoms. The fraction of sp³-hybridized carbons (Fsp3) is 0.500. The Morgan fingerprint density at radius 2 is 2.33 bits per heavy atom. The topological polar surface area (TPSA) is 46.2 Å². The van der Waals surface area contributed by atoms with Gasteiger partial charge in [0.2, 0.25) is 0 Å². The van der Waals surface area contributed by atoms with Crippen LogP contribution < -0.4 is 5.73 Å². The molecule has 1 aliphatic rings. The molecular weight excluding hydrogens is 193 g/mol. The zero-order valence-electron chi connectivity index (χ0n) is 8.83. The highest BCUT2D eigenvalue weighted by atomic mass is 19.1. The summed E-state index contributed by atoms with van der Waals surface area (Å²) in [6, 6.07) is 5.24. The summed E-state index contributed by atoms with van der Waals surface area (Å²) in [6.07, 6.45) is 0.864. The average molecular weight is 209 g/mol. The predicted molar refractivity (Wildman–Crippen MR) is 57.1 cm³/mol. The lowest BCUT2D eigenvalue weighted by Gasteiger charge is -2.15. The van der Waals surface area contributed by atoms with E-state index in [-0.39, 0.29) is 23.8 Å². The molecule has 1 aromatic carbocycles. The highest BCUT2D eigenvalue weighted by Crippen LogP contribution is 2.53. The maximum Gasteiger partial charge on any atom is 0.126 e. The van der Waals surface area contributed by atoms with Gasteiger partial charge in [0.05, 0.1) is 0 Å². The van der Waals surface area contributed by atoms with Gasteiger partial charge in [-0.3, -0.25) is 0 Å². The van der Waals surface area contributed by atoms with E-state index < -0.39 is 0 Å². The number of hydrogen-bond donors (Lipinski definition) is 2. The van der Waals surface area contributed by atoms with E-state index in [0.717, 1.165) is 12.0 Å². The van der Waals surface area contributed by atoms with Crippen LogP contribution in [0.1, 0.15) is 17.5 Å². The molecule has 1 aliphatic carbocycles. The first kappa shape index (κ1) is 10.6. The van der Waals surface area contributed by atoms with Crippen LogP contribution in [0.3, 0.4) is 0 Å². The van der Waals surface area contributed by atoms with Gasteiger partial charge in [-0.2, -0.15) is 0 Å². The Balaban J connectivity index is 2.33. The Hall–Kier alpha value is -0.930. The Morgan fingerprint density at radius 1 is 1.60 bits per heavy atom. The van der Waals surface area contributed by atoms with Gasteiger partial charge in [0.1, 0.15) is 5.82 Å². The predicted octanol–water partition coefficient (Wildman–Crippen LogP) is 1.34. The molecule has 0 heterocycles. The van der Waals surface area contributed by atoms with Crippen molar-refractivity contribution < 1.29 is 9.50 Å². The summed E-state index contributed by atoms with van der Waals surface area (Å²) < 4.78 is 13.4. The molecule has 2 rings (SSSR count). The summed E-state index contributed by atoms with van der Waals surface area (Å²) in [5, 5.41) is 9.11. The summed E-state index contributed by atoms with van der Waals surface area (Å²) in [5.74, 6) is 0.00789. The van der Waals surface area contributed by atoms with Crippen LogP contribution in [0.25, 0.3) is 0 Å². The van der Waals surface area contributed by atoms with Crippen molar-refractivity contribution in [1.82, 2.24) is 0 Å². The van der Waals surface area contributed by atoms with Gasteiger partial charge < -0.3 is 10.8 Å². The number of halogens is 1. The van der Waals surface area contributed by atoms with E-state index in [2.05, 4.69) is 0 Å². The molecule has 0 amide bonds. The van der Waals surface area contributed by atoms with E-state index >= 15 is 0 Å². The standard InChI is InChI=1S/C12H16FNO/c1-8-2-3-9(4-11(8)13)12(7-14)5-10(12)6-15/h2-4,10,15H,5-7,14H2,1H3/t10-,12?/m0/s1. The third kappa shape index (κ3) is 1.56. The minimum atomic E-state index is -0.191. The molecule has 0 aliphatic heterocycles. The van der Waals surface area contributed by atoms with Crippen molar-refractivity contribution in [1.29, 1.82) is 0 Å². The number of aryl methyl sites for hydroxylation is 1. The first-order valence-electron chi connectivity index (χ1n) is 5.21. The van der Waals surface area contributed by atoms with Crippen LogP contribution in [0, 0.1) is 18.7 Å². The van der Waals surface area contributed by atoms with Gasteiger partial charge in [-0.15, -0.1) is 0 Å². The van der Waals surface area contributed by atoms with Crippen molar-refractivity contribution in [2.75, 3.05) is 13.2 Å². The van der Waals surface area contributed by atoms with E-state index in [1.165, 1.54) is 0 Å². The van der Waals surface area contributed by atoms with Gasteiger partial charge in [-0.25, -0.2) is 4.39 Å². The van der Waals surface area contributed by atoms with Crippen LogP contribution in [0.5, 0.6) is 0 Å². The number of aliphatic hydroxyl groups is 1. The SMILES string of the molecule is Cc1ccc(C2(CN)C[C@H]2CO)cc1F.